The average molecular weight is 568 g/mol. The highest BCUT2D eigenvalue weighted by atomic mass is 35.5. The molecule has 1 aliphatic heterocycles. The van der Waals surface area contributed by atoms with E-state index in [1.165, 1.54) is 10.5 Å². The predicted octanol–water partition coefficient (Wildman–Crippen LogP) is 6.23. The minimum Gasteiger partial charge on any atom is -0.369 e. The van der Waals surface area contributed by atoms with Gasteiger partial charge in [-0.15, -0.1) is 23.2 Å². The number of carbonyl (C=O) groups excluding carboxylic acids is 2. The lowest BCUT2D eigenvalue weighted by Gasteiger charge is -2.28. The Morgan fingerprint density at radius 3 is 2.28 bits per heavy atom. The van der Waals surface area contributed by atoms with E-state index in [1.54, 1.807) is 6.07 Å². The van der Waals surface area contributed by atoms with E-state index in [0.717, 1.165) is 60.2 Å². The number of rotatable bonds is 14. The van der Waals surface area contributed by atoms with Crippen molar-refractivity contribution in [3.63, 3.8) is 0 Å². The van der Waals surface area contributed by atoms with Gasteiger partial charge in [0, 0.05) is 66.0 Å². The van der Waals surface area contributed by atoms with Gasteiger partial charge in [0.25, 0.3) is 11.8 Å². The first-order valence-corrected chi connectivity index (χ1v) is 14.4. The Balaban J connectivity index is 1.40. The third-order valence-electron chi connectivity index (χ3n) is 6.97. The third-order valence-corrected chi connectivity index (χ3v) is 7.31. The van der Waals surface area contributed by atoms with Gasteiger partial charge in [0.05, 0.1) is 5.56 Å². The van der Waals surface area contributed by atoms with E-state index in [-0.39, 0.29) is 11.8 Å². The zero-order valence-electron chi connectivity index (χ0n) is 22.7. The summed E-state index contributed by atoms with van der Waals surface area (Å²) < 4.78 is 0. The number of hydrogen-bond donors (Lipinski definition) is 1. The highest BCUT2D eigenvalue weighted by molar-refractivity contribution is 6.26. The van der Waals surface area contributed by atoms with Gasteiger partial charge in [-0.3, -0.25) is 14.5 Å². The first-order chi connectivity index (χ1) is 18.8. The monoisotopic (exact) mass is 566 g/mol. The molecular formula is C31H36Cl2N4O2. The number of likely N-dealkylation sites (N-methyl/N-ethyl adjacent to an activating group) is 1. The summed E-state index contributed by atoms with van der Waals surface area (Å²) in [5.74, 6) is 0.645. The van der Waals surface area contributed by atoms with Crippen molar-refractivity contribution in [2.75, 3.05) is 62.3 Å². The zero-order chi connectivity index (χ0) is 27.9. The Kier molecular flexibility index (Phi) is 9.89. The van der Waals surface area contributed by atoms with Crippen LogP contribution in [0.25, 0.3) is 10.8 Å². The SMILES string of the molecule is C=C(CCCc1ccc(N(CCCl)CCCl)cc1)Nc1cc2c3c(cccc3c1)C(=O)N(CCN(C)C)C2=O. The van der Waals surface area contributed by atoms with Gasteiger partial charge in [-0.25, -0.2) is 0 Å². The molecule has 0 saturated carbocycles. The molecule has 0 radical (unpaired) electrons. The standard InChI is InChI=1S/C31H36Cl2N4O2/c1-22(6-4-7-23-10-12-26(13-11-23)36(16-14-32)17-15-33)34-25-20-24-8-5-9-27-29(24)28(21-25)31(39)37(30(27)38)19-18-35(2)3/h5,8-13,20-21,34H,1,4,6-7,14-19H2,2-3H3. The quantitative estimate of drug-likeness (QED) is 0.185. The fourth-order valence-corrected chi connectivity index (χ4v) is 5.36. The molecule has 0 aliphatic carbocycles. The van der Waals surface area contributed by atoms with E-state index < -0.39 is 0 Å². The molecule has 6 nitrogen and oxygen atoms in total. The molecule has 1 aliphatic rings. The van der Waals surface area contributed by atoms with Crippen LogP contribution in [0.1, 0.15) is 39.1 Å². The Labute approximate surface area is 241 Å². The largest absolute Gasteiger partial charge is 0.369 e. The van der Waals surface area contributed by atoms with E-state index in [2.05, 4.69) is 41.1 Å². The minimum atomic E-state index is -0.251. The summed E-state index contributed by atoms with van der Waals surface area (Å²) in [4.78, 5) is 31.9. The van der Waals surface area contributed by atoms with Gasteiger partial charge in [-0.05, 0) is 74.6 Å². The van der Waals surface area contributed by atoms with Crippen LogP contribution in [0.2, 0.25) is 0 Å². The number of amides is 2. The molecule has 3 aromatic rings. The van der Waals surface area contributed by atoms with E-state index in [4.69, 9.17) is 23.2 Å². The van der Waals surface area contributed by atoms with Crippen molar-refractivity contribution in [2.45, 2.75) is 19.3 Å². The topological polar surface area (TPSA) is 55.9 Å². The molecule has 0 unspecified atom stereocenters. The average Bonchev–Trinajstić information content (AvgIpc) is 2.91. The molecule has 206 valence electrons. The molecule has 2 amide bonds. The number of alkyl halides is 2. The minimum absolute atomic E-state index is 0.232. The van der Waals surface area contributed by atoms with Crippen molar-refractivity contribution in [1.29, 1.82) is 0 Å². The van der Waals surface area contributed by atoms with Crippen LogP contribution in [0, 0.1) is 0 Å². The van der Waals surface area contributed by atoms with Crippen LogP contribution in [0.4, 0.5) is 11.4 Å². The van der Waals surface area contributed by atoms with Crippen LogP contribution in [0.5, 0.6) is 0 Å². The van der Waals surface area contributed by atoms with E-state index in [0.29, 0.717) is 36.0 Å². The maximum absolute atomic E-state index is 13.4. The maximum atomic E-state index is 13.4. The number of nitrogens with one attached hydrogen (secondary N) is 1. The second-order valence-corrected chi connectivity index (χ2v) is 10.9. The van der Waals surface area contributed by atoms with Crippen LogP contribution in [-0.4, -0.2) is 73.6 Å². The highest BCUT2D eigenvalue weighted by Crippen LogP contribution is 2.33. The Hall–Kier alpha value is -3.06. The summed E-state index contributed by atoms with van der Waals surface area (Å²) in [5, 5.41) is 4.99. The molecule has 1 N–H and O–H groups in total. The summed E-state index contributed by atoms with van der Waals surface area (Å²) in [6, 6.07) is 18.0. The second-order valence-electron chi connectivity index (χ2n) is 10.1. The number of aryl methyl sites for hydroxylation is 1. The van der Waals surface area contributed by atoms with E-state index in [9.17, 15) is 9.59 Å². The molecule has 0 spiro atoms. The van der Waals surface area contributed by atoms with Crippen LogP contribution in [0.15, 0.2) is 66.9 Å². The lowest BCUT2D eigenvalue weighted by molar-refractivity contribution is 0.0601. The van der Waals surface area contributed by atoms with Crippen molar-refractivity contribution >= 4 is 57.2 Å². The normalized spacial score (nSPS) is 12.9. The van der Waals surface area contributed by atoms with Crippen molar-refractivity contribution < 1.29 is 9.59 Å². The van der Waals surface area contributed by atoms with Crippen LogP contribution >= 0.6 is 23.2 Å². The maximum Gasteiger partial charge on any atom is 0.261 e. The molecule has 0 saturated heterocycles. The Bertz CT molecular complexity index is 1330. The van der Waals surface area contributed by atoms with E-state index in [1.807, 2.05) is 43.3 Å². The molecule has 1 heterocycles. The molecule has 0 bridgehead atoms. The van der Waals surface area contributed by atoms with Gasteiger partial charge < -0.3 is 15.1 Å². The lowest BCUT2D eigenvalue weighted by atomic mass is 9.93. The molecule has 0 fully saturated rings. The van der Waals surface area contributed by atoms with Gasteiger partial charge in [0.2, 0.25) is 0 Å². The van der Waals surface area contributed by atoms with Crippen molar-refractivity contribution in [1.82, 2.24) is 9.80 Å². The number of hydrogen-bond acceptors (Lipinski definition) is 5. The predicted molar refractivity (Wildman–Crippen MR) is 164 cm³/mol. The Morgan fingerprint density at radius 1 is 0.923 bits per heavy atom. The fraction of sp³-hybridized carbons (Fsp3) is 0.355. The van der Waals surface area contributed by atoms with Crippen molar-refractivity contribution in [3.8, 4) is 0 Å². The van der Waals surface area contributed by atoms with Crippen LogP contribution in [-0.2, 0) is 6.42 Å². The molecule has 0 aromatic heterocycles. The van der Waals surface area contributed by atoms with Gasteiger partial charge in [0.1, 0.15) is 0 Å². The van der Waals surface area contributed by atoms with Crippen molar-refractivity contribution in [3.05, 3.63) is 83.6 Å². The van der Waals surface area contributed by atoms with Gasteiger partial charge >= 0.3 is 0 Å². The van der Waals surface area contributed by atoms with Gasteiger partial charge in [0.15, 0.2) is 0 Å². The van der Waals surface area contributed by atoms with E-state index >= 15 is 0 Å². The lowest BCUT2D eigenvalue weighted by Crippen LogP contribution is -2.43. The summed E-state index contributed by atoms with van der Waals surface area (Å²) in [6.45, 7) is 6.73. The van der Waals surface area contributed by atoms with Crippen LogP contribution in [0.3, 0.4) is 0 Å². The Morgan fingerprint density at radius 2 is 1.62 bits per heavy atom. The second kappa shape index (κ2) is 13.3. The number of benzene rings is 3. The molecule has 4 rings (SSSR count). The summed E-state index contributed by atoms with van der Waals surface area (Å²) in [7, 11) is 3.85. The molecule has 3 aromatic carbocycles. The smallest absolute Gasteiger partial charge is 0.261 e. The number of anilines is 2. The molecule has 0 atom stereocenters. The third kappa shape index (κ3) is 6.93. The fourth-order valence-electron chi connectivity index (χ4n) is 4.95. The zero-order valence-corrected chi connectivity index (χ0v) is 24.2. The summed E-state index contributed by atoms with van der Waals surface area (Å²) in [6.07, 6.45) is 2.66. The molecule has 39 heavy (non-hydrogen) atoms. The number of allylic oxidation sites excluding steroid dienone is 1. The first kappa shape index (κ1) is 28.9. The summed E-state index contributed by atoms with van der Waals surface area (Å²) in [5.41, 5.74) is 5.21. The number of carbonyl (C=O) groups is 2. The number of imide groups is 1. The van der Waals surface area contributed by atoms with Gasteiger partial charge in [-0.1, -0.05) is 30.8 Å². The summed E-state index contributed by atoms with van der Waals surface area (Å²) >= 11 is 11.9. The highest BCUT2D eigenvalue weighted by Gasteiger charge is 2.33. The molecule has 8 heteroatoms. The van der Waals surface area contributed by atoms with Crippen molar-refractivity contribution in [2.24, 2.45) is 0 Å². The number of nitrogens with zero attached hydrogens (tertiary/aromatic N) is 3. The first-order valence-electron chi connectivity index (χ1n) is 13.3. The number of halogens is 2. The molecular weight excluding hydrogens is 531 g/mol. The van der Waals surface area contributed by atoms with Gasteiger partial charge in [-0.2, -0.15) is 0 Å². The van der Waals surface area contributed by atoms with Crippen LogP contribution < -0.4 is 10.2 Å².